The Morgan fingerprint density at radius 2 is 1.84 bits per heavy atom. The third-order valence-electron chi connectivity index (χ3n) is 8.90. The molecule has 2 unspecified atom stereocenters. The lowest BCUT2D eigenvalue weighted by molar-refractivity contribution is -0.128. The summed E-state index contributed by atoms with van der Waals surface area (Å²) < 4.78 is 51.5. The Labute approximate surface area is 270 Å². The molecule has 0 radical (unpaired) electrons. The van der Waals surface area contributed by atoms with Gasteiger partial charge in [-0.3, -0.25) is 10.1 Å². The first-order valence-electron chi connectivity index (χ1n) is 15.4. The number of carbonyl (C=O) groups excluding carboxylic acids is 1. The van der Waals surface area contributed by atoms with Gasteiger partial charge in [-0.25, -0.2) is 8.78 Å². The molecule has 3 aliphatic rings. The van der Waals surface area contributed by atoms with E-state index in [4.69, 9.17) is 21.1 Å². The van der Waals surface area contributed by atoms with Gasteiger partial charge in [0.25, 0.3) is 5.91 Å². The summed E-state index contributed by atoms with van der Waals surface area (Å²) in [5.41, 5.74) is 5.88. The monoisotopic (exact) mass is 654 g/mol. The van der Waals surface area contributed by atoms with Crippen LogP contribution in [0, 0.1) is 18.6 Å². The van der Waals surface area contributed by atoms with Gasteiger partial charge in [-0.2, -0.15) is 0 Å². The van der Waals surface area contributed by atoms with Gasteiger partial charge < -0.3 is 18.9 Å². The van der Waals surface area contributed by atoms with E-state index in [0.717, 1.165) is 64.1 Å². The van der Waals surface area contributed by atoms with Crippen LogP contribution >= 0.6 is 11.6 Å². The van der Waals surface area contributed by atoms with Crippen molar-refractivity contribution in [1.29, 1.82) is 0 Å². The maximum absolute atomic E-state index is 14.5. The number of rotatable bonds is 11. The lowest BCUT2D eigenvalue weighted by atomic mass is 9.85. The van der Waals surface area contributed by atoms with Crippen molar-refractivity contribution in [3.8, 4) is 11.5 Å². The van der Waals surface area contributed by atoms with E-state index in [0.29, 0.717) is 37.3 Å². The number of nitrogens with zero attached hydrogens (tertiary/aromatic N) is 1. The Kier molecular flexibility index (Phi) is 9.71. The fraction of sp³-hybridized carbons (Fsp3) is 0.400. The van der Waals surface area contributed by atoms with Gasteiger partial charge in [0.2, 0.25) is 0 Å². The fourth-order valence-electron chi connectivity index (χ4n) is 6.37. The third-order valence-corrected chi connectivity index (χ3v) is 10.7. The molecule has 2 fully saturated rings. The number of methoxy groups -OCH3 is 1. The number of aryl methyl sites for hydroxylation is 1. The van der Waals surface area contributed by atoms with Gasteiger partial charge in [-0.15, -0.1) is 0 Å². The predicted octanol–water partition coefficient (Wildman–Crippen LogP) is 6.38. The molecule has 0 spiro atoms. The molecule has 1 N–H and O–H groups in total. The minimum absolute atomic E-state index is 0.00837. The molecule has 45 heavy (non-hydrogen) atoms. The van der Waals surface area contributed by atoms with Crippen molar-refractivity contribution in [1.82, 2.24) is 10.2 Å². The number of ether oxygens (including phenoxy) is 2. The number of hydrogen-bond donors (Lipinski definition) is 1. The van der Waals surface area contributed by atoms with E-state index in [1.165, 1.54) is 0 Å². The number of nitrogens with one attached hydrogen (secondary N) is 1. The van der Waals surface area contributed by atoms with Gasteiger partial charge in [0.1, 0.15) is 28.1 Å². The lowest BCUT2D eigenvalue weighted by Gasteiger charge is -2.40. The molecule has 6 rings (SSSR count). The second-order valence-electron chi connectivity index (χ2n) is 12.0. The molecule has 0 aromatic heterocycles. The molecule has 2 bridgehead atoms. The summed E-state index contributed by atoms with van der Waals surface area (Å²) >= 11 is 4.88. The van der Waals surface area contributed by atoms with E-state index in [-0.39, 0.29) is 41.4 Å². The first kappa shape index (κ1) is 31.9. The van der Waals surface area contributed by atoms with E-state index in [1.807, 2.05) is 54.3 Å². The summed E-state index contributed by atoms with van der Waals surface area (Å²) in [6.45, 7) is 2.70. The largest absolute Gasteiger partial charge is 0.616 e. The minimum Gasteiger partial charge on any atom is -0.616 e. The van der Waals surface area contributed by atoms with Gasteiger partial charge >= 0.3 is 0 Å². The molecule has 238 valence electrons. The second-order valence-corrected chi connectivity index (χ2v) is 13.9. The van der Waals surface area contributed by atoms with Crippen LogP contribution in [0.15, 0.2) is 60.2 Å². The van der Waals surface area contributed by atoms with Crippen LogP contribution in [0.2, 0.25) is 5.02 Å². The van der Waals surface area contributed by atoms with Crippen molar-refractivity contribution in [2.75, 3.05) is 25.2 Å². The Morgan fingerprint density at radius 3 is 2.58 bits per heavy atom. The maximum atomic E-state index is 14.5. The zero-order chi connectivity index (χ0) is 31.7. The van der Waals surface area contributed by atoms with E-state index >= 15 is 0 Å². The van der Waals surface area contributed by atoms with Crippen LogP contribution in [0.25, 0.3) is 5.57 Å². The van der Waals surface area contributed by atoms with E-state index in [1.54, 1.807) is 7.11 Å². The highest BCUT2D eigenvalue weighted by atomic mass is 35.5. The Balaban J connectivity index is 1.22. The highest BCUT2D eigenvalue weighted by molar-refractivity contribution is 7.91. The zero-order valence-corrected chi connectivity index (χ0v) is 27.0. The SMILES string of the molecule is COc1cccc(CN(C(=O)C2=C(c3ccc(CCCOc4c(F)ccc(F)c4Cl)cc3)CC3C[S+]([O-])C[C@H]2N3)C2CC2)c1C. The second kappa shape index (κ2) is 13.7. The third kappa shape index (κ3) is 7.02. The summed E-state index contributed by atoms with van der Waals surface area (Å²) in [4.78, 5) is 16.5. The molecule has 10 heteroatoms. The van der Waals surface area contributed by atoms with Crippen molar-refractivity contribution in [3.05, 3.63) is 99.1 Å². The van der Waals surface area contributed by atoms with E-state index in [2.05, 4.69) is 5.32 Å². The Bertz CT molecular complexity index is 1600. The molecule has 1 saturated heterocycles. The highest BCUT2D eigenvalue weighted by Crippen LogP contribution is 2.38. The Morgan fingerprint density at radius 1 is 1.09 bits per heavy atom. The van der Waals surface area contributed by atoms with Crippen LogP contribution in [0.1, 0.15) is 47.9 Å². The summed E-state index contributed by atoms with van der Waals surface area (Å²) in [7, 11) is 1.66. The van der Waals surface area contributed by atoms with Crippen LogP contribution in [0.5, 0.6) is 11.5 Å². The van der Waals surface area contributed by atoms with Crippen molar-refractivity contribution < 1.29 is 27.6 Å². The van der Waals surface area contributed by atoms with Crippen molar-refractivity contribution >= 4 is 34.3 Å². The van der Waals surface area contributed by atoms with Gasteiger partial charge in [0.15, 0.2) is 11.6 Å². The van der Waals surface area contributed by atoms with Crippen molar-refractivity contribution in [2.45, 2.75) is 63.7 Å². The highest BCUT2D eigenvalue weighted by Gasteiger charge is 2.44. The molecule has 2 aliphatic heterocycles. The lowest BCUT2D eigenvalue weighted by Crippen LogP contribution is -2.57. The maximum Gasteiger partial charge on any atom is 0.252 e. The van der Waals surface area contributed by atoms with Crippen LogP contribution < -0.4 is 14.8 Å². The normalized spacial score (nSPS) is 21.1. The predicted molar refractivity (Wildman–Crippen MR) is 173 cm³/mol. The van der Waals surface area contributed by atoms with Crippen LogP contribution in [-0.2, 0) is 28.9 Å². The van der Waals surface area contributed by atoms with E-state index in [9.17, 15) is 18.1 Å². The van der Waals surface area contributed by atoms with Crippen molar-refractivity contribution in [3.63, 3.8) is 0 Å². The van der Waals surface area contributed by atoms with Gasteiger partial charge in [0.05, 0.1) is 25.8 Å². The van der Waals surface area contributed by atoms with Gasteiger partial charge in [-0.05, 0) is 85.1 Å². The zero-order valence-electron chi connectivity index (χ0n) is 25.4. The molecule has 1 amide bonds. The summed E-state index contributed by atoms with van der Waals surface area (Å²) in [6.07, 6.45) is 3.83. The smallest absolute Gasteiger partial charge is 0.252 e. The molecule has 3 atom stereocenters. The van der Waals surface area contributed by atoms with E-state index < -0.39 is 22.8 Å². The molecule has 1 aliphatic carbocycles. The van der Waals surface area contributed by atoms with Crippen LogP contribution in [-0.4, -0.2) is 58.7 Å². The minimum atomic E-state index is -0.987. The quantitative estimate of drug-likeness (QED) is 0.148. The average Bonchev–Trinajstić information content (AvgIpc) is 3.87. The van der Waals surface area contributed by atoms with Gasteiger partial charge in [0, 0.05) is 18.2 Å². The molecule has 3 aromatic carbocycles. The van der Waals surface area contributed by atoms with Gasteiger partial charge in [-0.1, -0.05) is 59.2 Å². The average molecular weight is 655 g/mol. The standard InChI is InChI=1S/C35H37ClF2N2O4S/c1-21-24(6-3-7-31(21)43-2)18-40(26-12-13-26)35(41)32-27(17-25-19-45(42)20-30(32)39-25)23-10-8-22(9-11-23)5-4-16-44-34-29(38)15-14-28(37)33(34)36/h3,6-11,14-15,25-26,30,39H,4-5,12-13,16-20H2,1-2H3/t25?,30-,45?/m1/s1. The number of benzene rings is 3. The fourth-order valence-corrected chi connectivity index (χ4v) is 8.01. The number of carbonyl (C=O) groups is 1. The number of halogens is 3. The molecule has 1 saturated carbocycles. The molecule has 2 heterocycles. The summed E-state index contributed by atoms with van der Waals surface area (Å²) in [5, 5.41) is 3.25. The van der Waals surface area contributed by atoms with Crippen molar-refractivity contribution in [2.24, 2.45) is 0 Å². The molecular weight excluding hydrogens is 618 g/mol. The molecule has 3 aromatic rings. The Hall–Kier alpha value is -3.11. The first-order chi connectivity index (χ1) is 21.7. The summed E-state index contributed by atoms with van der Waals surface area (Å²) in [5.74, 6) is 0.122. The van der Waals surface area contributed by atoms with Crippen LogP contribution in [0.3, 0.4) is 0 Å². The molecular formula is C35H37ClF2N2O4S. The van der Waals surface area contributed by atoms with Crippen LogP contribution in [0.4, 0.5) is 8.78 Å². The molecule has 6 nitrogen and oxygen atoms in total. The topological polar surface area (TPSA) is 73.9 Å². The number of fused-ring (bicyclic) bond motifs is 2. The first-order valence-corrected chi connectivity index (χ1v) is 17.2. The number of amides is 1. The number of hydrogen-bond acceptors (Lipinski definition) is 5. The summed E-state index contributed by atoms with van der Waals surface area (Å²) in [6, 6.07) is 16.1.